The first-order valence-corrected chi connectivity index (χ1v) is 6.62. The van der Waals surface area contributed by atoms with Gasteiger partial charge in [0.1, 0.15) is 0 Å². The number of methoxy groups -OCH3 is 2. The maximum Gasteiger partial charge on any atom is 0.337 e. The molecular formula is C9H16O7S. The third-order valence-corrected chi connectivity index (χ3v) is 2.58. The average molecular weight is 268 g/mol. The fourth-order valence-electron chi connectivity index (χ4n) is 1.23. The van der Waals surface area contributed by atoms with Gasteiger partial charge in [0.05, 0.1) is 26.4 Å². The summed E-state index contributed by atoms with van der Waals surface area (Å²) in [5.74, 6) is -2.69. The molecule has 8 heteroatoms. The summed E-state index contributed by atoms with van der Waals surface area (Å²) in [4.78, 5) is 22.8. The zero-order valence-corrected chi connectivity index (χ0v) is 10.9. The molecule has 0 radical (unpaired) electrons. The molecule has 0 saturated carbocycles. The van der Waals surface area contributed by atoms with Gasteiger partial charge in [-0.3, -0.25) is 8.98 Å². The summed E-state index contributed by atoms with van der Waals surface area (Å²) in [6, 6.07) is 0. The van der Waals surface area contributed by atoms with E-state index in [2.05, 4.69) is 13.7 Å². The second-order valence-electron chi connectivity index (χ2n) is 3.28. The van der Waals surface area contributed by atoms with Crippen LogP contribution >= 0.6 is 0 Å². The highest BCUT2D eigenvalue weighted by Gasteiger charge is 2.37. The SMILES string of the molecule is CC[C@H](C(=O)OC)[C@@H](OS(C)(=O)=O)C(=O)OC. The molecule has 0 fully saturated rings. The van der Waals surface area contributed by atoms with Crippen LogP contribution in [0.15, 0.2) is 0 Å². The van der Waals surface area contributed by atoms with Gasteiger partial charge < -0.3 is 9.47 Å². The van der Waals surface area contributed by atoms with E-state index in [1.807, 2.05) is 0 Å². The van der Waals surface area contributed by atoms with Crippen LogP contribution in [-0.2, 0) is 33.4 Å². The molecule has 0 aromatic carbocycles. The fourth-order valence-corrected chi connectivity index (χ4v) is 1.82. The molecule has 0 aliphatic rings. The minimum atomic E-state index is -3.88. The van der Waals surface area contributed by atoms with E-state index in [9.17, 15) is 18.0 Å². The first-order valence-electron chi connectivity index (χ1n) is 4.80. The monoisotopic (exact) mass is 268 g/mol. The van der Waals surface area contributed by atoms with Crippen molar-refractivity contribution >= 4 is 22.1 Å². The molecule has 17 heavy (non-hydrogen) atoms. The van der Waals surface area contributed by atoms with Crippen molar-refractivity contribution in [2.24, 2.45) is 5.92 Å². The molecule has 0 saturated heterocycles. The zero-order valence-electron chi connectivity index (χ0n) is 10.1. The van der Waals surface area contributed by atoms with E-state index in [0.29, 0.717) is 0 Å². The summed E-state index contributed by atoms with van der Waals surface area (Å²) in [5.41, 5.74) is 0. The highest BCUT2D eigenvalue weighted by Crippen LogP contribution is 2.17. The molecule has 0 rings (SSSR count). The topological polar surface area (TPSA) is 96.0 Å². The van der Waals surface area contributed by atoms with Gasteiger partial charge in [0.15, 0.2) is 6.10 Å². The van der Waals surface area contributed by atoms with Crippen molar-refractivity contribution in [3.63, 3.8) is 0 Å². The molecule has 0 amide bonds. The van der Waals surface area contributed by atoms with Crippen molar-refractivity contribution in [1.82, 2.24) is 0 Å². The molecule has 0 N–H and O–H groups in total. The normalized spacial score (nSPS) is 14.8. The molecule has 0 aromatic rings. The number of carbonyl (C=O) groups is 2. The van der Waals surface area contributed by atoms with Crippen LogP contribution in [0.25, 0.3) is 0 Å². The predicted octanol–water partition coefficient (Wildman–Crippen LogP) is -0.297. The van der Waals surface area contributed by atoms with Crippen molar-refractivity contribution in [2.75, 3.05) is 20.5 Å². The summed E-state index contributed by atoms with van der Waals surface area (Å²) in [6.07, 6.45) is -0.554. The number of rotatable bonds is 6. The third-order valence-electron chi connectivity index (χ3n) is 2.02. The number of hydrogen-bond donors (Lipinski definition) is 0. The minimum absolute atomic E-state index is 0.182. The lowest BCUT2D eigenvalue weighted by Crippen LogP contribution is -2.39. The maximum atomic E-state index is 11.4. The van der Waals surface area contributed by atoms with Gasteiger partial charge in [-0.25, -0.2) is 4.79 Å². The Balaban J connectivity index is 5.14. The lowest BCUT2D eigenvalue weighted by Gasteiger charge is -2.20. The van der Waals surface area contributed by atoms with Gasteiger partial charge in [-0.1, -0.05) is 6.92 Å². The van der Waals surface area contributed by atoms with E-state index >= 15 is 0 Å². The summed E-state index contributed by atoms with van der Waals surface area (Å²) in [5, 5.41) is 0. The van der Waals surface area contributed by atoms with E-state index in [4.69, 9.17) is 0 Å². The van der Waals surface area contributed by atoms with Crippen LogP contribution in [0.2, 0.25) is 0 Å². The number of carbonyl (C=O) groups excluding carboxylic acids is 2. The molecule has 0 aliphatic carbocycles. The molecule has 0 bridgehead atoms. The first-order chi connectivity index (χ1) is 7.76. The zero-order chi connectivity index (χ0) is 13.6. The Morgan fingerprint density at radius 1 is 1.12 bits per heavy atom. The molecule has 0 aromatic heterocycles. The van der Waals surface area contributed by atoms with Crippen molar-refractivity contribution in [3.05, 3.63) is 0 Å². The Bertz CT molecular complexity index is 373. The highest BCUT2D eigenvalue weighted by atomic mass is 32.2. The molecule has 0 heterocycles. The van der Waals surface area contributed by atoms with Gasteiger partial charge in [0.2, 0.25) is 0 Å². The molecule has 100 valence electrons. The quantitative estimate of drug-likeness (QED) is 0.482. The van der Waals surface area contributed by atoms with E-state index in [0.717, 1.165) is 20.5 Å². The number of ether oxygens (including phenoxy) is 2. The fraction of sp³-hybridized carbons (Fsp3) is 0.778. The van der Waals surface area contributed by atoms with Gasteiger partial charge in [-0.15, -0.1) is 0 Å². The second-order valence-corrected chi connectivity index (χ2v) is 4.88. The van der Waals surface area contributed by atoms with Gasteiger partial charge in [-0.05, 0) is 6.42 Å². The average Bonchev–Trinajstić information content (AvgIpc) is 2.25. The standard InChI is InChI=1S/C9H16O7S/c1-5-6(8(10)14-2)7(9(11)15-3)16-17(4,12)13/h6-7H,5H2,1-4H3/t6-,7+/m0/s1. The van der Waals surface area contributed by atoms with Crippen LogP contribution in [0.5, 0.6) is 0 Å². The summed E-state index contributed by atoms with van der Waals surface area (Å²) >= 11 is 0. The molecule has 2 atom stereocenters. The van der Waals surface area contributed by atoms with Gasteiger partial charge in [-0.2, -0.15) is 8.42 Å². The van der Waals surface area contributed by atoms with Crippen molar-refractivity contribution in [3.8, 4) is 0 Å². The van der Waals surface area contributed by atoms with Crippen LogP contribution in [0.1, 0.15) is 13.3 Å². The van der Waals surface area contributed by atoms with E-state index in [1.165, 1.54) is 0 Å². The Hall–Kier alpha value is -1.15. The maximum absolute atomic E-state index is 11.4. The smallest absolute Gasteiger partial charge is 0.337 e. The third kappa shape index (κ3) is 5.14. The van der Waals surface area contributed by atoms with Gasteiger partial charge >= 0.3 is 11.9 Å². The lowest BCUT2D eigenvalue weighted by molar-refractivity contribution is -0.161. The lowest BCUT2D eigenvalue weighted by atomic mass is 10.00. The van der Waals surface area contributed by atoms with Crippen LogP contribution in [0.4, 0.5) is 0 Å². The summed E-state index contributed by atoms with van der Waals surface area (Å²) in [7, 11) is -1.67. The van der Waals surface area contributed by atoms with Crippen molar-refractivity contribution in [1.29, 1.82) is 0 Å². The first kappa shape index (κ1) is 15.9. The Morgan fingerprint density at radius 3 is 1.88 bits per heavy atom. The Kier molecular flexibility index (Phi) is 6.11. The summed E-state index contributed by atoms with van der Waals surface area (Å²) < 4.78 is 35.5. The Morgan fingerprint density at radius 2 is 1.59 bits per heavy atom. The number of esters is 2. The molecule has 0 spiro atoms. The predicted molar refractivity (Wildman–Crippen MR) is 57.5 cm³/mol. The van der Waals surface area contributed by atoms with Crippen molar-refractivity contribution < 1.29 is 31.7 Å². The van der Waals surface area contributed by atoms with Crippen LogP contribution in [0, 0.1) is 5.92 Å². The second kappa shape index (κ2) is 6.55. The van der Waals surface area contributed by atoms with E-state index in [1.54, 1.807) is 6.92 Å². The van der Waals surface area contributed by atoms with Crippen LogP contribution < -0.4 is 0 Å². The summed E-state index contributed by atoms with van der Waals surface area (Å²) in [6.45, 7) is 1.60. The van der Waals surface area contributed by atoms with E-state index in [-0.39, 0.29) is 6.42 Å². The van der Waals surface area contributed by atoms with Crippen LogP contribution in [-0.4, -0.2) is 46.9 Å². The molecule has 0 aliphatic heterocycles. The van der Waals surface area contributed by atoms with Gasteiger partial charge in [0, 0.05) is 0 Å². The van der Waals surface area contributed by atoms with Crippen molar-refractivity contribution in [2.45, 2.75) is 19.4 Å². The van der Waals surface area contributed by atoms with Gasteiger partial charge in [0.25, 0.3) is 10.1 Å². The molecular weight excluding hydrogens is 252 g/mol. The highest BCUT2D eigenvalue weighted by molar-refractivity contribution is 7.86. The molecule has 0 unspecified atom stereocenters. The number of hydrogen-bond acceptors (Lipinski definition) is 7. The minimum Gasteiger partial charge on any atom is -0.469 e. The largest absolute Gasteiger partial charge is 0.469 e. The molecule has 7 nitrogen and oxygen atoms in total. The van der Waals surface area contributed by atoms with E-state index < -0.39 is 34.1 Å². The van der Waals surface area contributed by atoms with Crippen LogP contribution in [0.3, 0.4) is 0 Å². The Labute approximate surface area is 100 Å².